The van der Waals surface area contributed by atoms with Gasteiger partial charge in [0.15, 0.2) is 5.69 Å². The molecular formula is C22H20FN3O3. The molecule has 0 saturated heterocycles. The Balaban J connectivity index is 1.73. The normalized spacial score (nSPS) is 12.2. The zero-order valence-corrected chi connectivity index (χ0v) is 15.8. The third-order valence-electron chi connectivity index (χ3n) is 4.99. The molecular weight excluding hydrogens is 373 g/mol. The molecule has 4 aromatic rings. The van der Waals surface area contributed by atoms with E-state index in [0.717, 1.165) is 27.8 Å². The van der Waals surface area contributed by atoms with Gasteiger partial charge in [-0.2, -0.15) is 0 Å². The fourth-order valence-electron chi connectivity index (χ4n) is 3.59. The first kappa shape index (κ1) is 18.7. The molecule has 2 heterocycles. The molecule has 29 heavy (non-hydrogen) atoms. The van der Waals surface area contributed by atoms with Crippen molar-refractivity contribution < 1.29 is 18.4 Å². The molecule has 7 heteroatoms. The van der Waals surface area contributed by atoms with Crippen LogP contribution >= 0.6 is 0 Å². The number of rotatable bonds is 7. The smallest absolute Gasteiger partial charge is 0.270 e. The summed E-state index contributed by atoms with van der Waals surface area (Å²) in [7, 11) is 1.62. The molecule has 1 unspecified atom stereocenters. The molecule has 6 nitrogen and oxygen atoms in total. The zero-order valence-electron chi connectivity index (χ0n) is 15.8. The molecule has 2 aromatic heterocycles. The first-order chi connectivity index (χ1) is 14.0. The predicted octanol–water partition coefficient (Wildman–Crippen LogP) is 3.97. The van der Waals surface area contributed by atoms with E-state index in [1.54, 1.807) is 19.2 Å². The highest BCUT2D eigenvalue weighted by Gasteiger charge is 2.21. The number of aromatic amines is 1. The van der Waals surface area contributed by atoms with Crippen LogP contribution in [0.3, 0.4) is 0 Å². The topological polar surface area (TPSA) is 94.1 Å². The number of nitrogens with zero attached hydrogens (tertiary/aromatic N) is 1. The van der Waals surface area contributed by atoms with Crippen molar-refractivity contribution in [1.82, 2.24) is 10.1 Å². The monoisotopic (exact) mass is 393 g/mol. The molecule has 0 aliphatic rings. The second-order valence-corrected chi connectivity index (χ2v) is 6.93. The number of carbonyl (C=O) groups excluding carboxylic acids is 1. The molecule has 0 fully saturated rings. The lowest BCUT2D eigenvalue weighted by Crippen LogP contribution is -2.11. The van der Waals surface area contributed by atoms with Crippen LogP contribution in [0.5, 0.6) is 5.75 Å². The Bertz CT molecular complexity index is 1170. The van der Waals surface area contributed by atoms with Crippen LogP contribution < -0.4 is 10.5 Å². The summed E-state index contributed by atoms with van der Waals surface area (Å²) in [5.41, 5.74) is 8.24. The molecule has 3 N–H and O–H groups in total. The van der Waals surface area contributed by atoms with Crippen molar-refractivity contribution in [3.8, 4) is 5.75 Å². The molecule has 0 spiro atoms. The van der Waals surface area contributed by atoms with Crippen molar-refractivity contribution in [2.24, 2.45) is 5.73 Å². The van der Waals surface area contributed by atoms with Crippen molar-refractivity contribution >= 4 is 16.8 Å². The lowest BCUT2D eigenvalue weighted by atomic mass is 9.88. The Labute approximate surface area is 166 Å². The highest BCUT2D eigenvalue weighted by molar-refractivity contribution is 5.90. The van der Waals surface area contributed by atoms with E-state index in [1.807, 2.05) is 30.5 Å². The van der Waals surface area contributed by atoms with Crippen molar-refractivity contribution in [2.75, 3.05) is 7.11 Å². The average Bonchev–Trinajstić information content (AvgIpc) is 3.34. The second kappa shape index (κ2) is 7.79. The Morgan fingerprint density at radius 2 is 2.10 bits per heavy atom. The van der Waals surface area contributed by atoms with Crippen LogP contribution in [-0.2, 0) is 12.8 Å². The maximum atomic E-state index is 13.7. The number of methoxy groups -OCH3 is 1. The molecule has 1 amide bonds. The fraction of sp³-hybridized carbons (Fsp3) is 0.182. The molecule has 0 radical (unpaired) electrons. The number of halogens is 1. The minimum Gasteiger partial charge on any atom is -0.497 e. The predicted molar refractivity (Wildman–Crippen MR) is 106 cm³/mol. The Morgan fingerprint density at radius 1 is 1.24 bits per heavy atom. The van der Waals surface area contributed by atoms with Gasteiger partial charge in [-0.25, -0.2) is 4.39 Å². The highest BCUT2D eigenvalue weighted by Crippen LogP contribution is 2.33. The molecule has 148 valence electrons. The molecule has 4 rings (SSSR count). The van der Waals surface area contributed by atoms with Crippen LogP contribution in [0.4, 0.5) is 4.39 Å². The summed E-state index contributed by atoms with van der Waals surface area (Å²) >= 11 is 0. The van der Waals surface area contributed by atoms with Gasteiger partial charge in [0.2, 0.25) is 0 Å². The summed E-state index contributed by atoms with van der Waals surface area (Å²) in [4.78, 5) is 14.6. The Kier molecular flexibility index (Phi) is 5.03. The number of nitrogens with one attached hydrogen (secondary N) is 1. The maximum absolute atomic E-state index is 13.7. The summed E-state index contributed by atoms with van der Waals surface area (Å²) in [6.45, 7) is 0. The van der Waals surface area contributed by atoms with Crippen molar-refractivity contribution in [3.05, 3.63) is 83.1 Å². The standard InChI is InChI=1S/C22H20FN3O3/c1-28-16-5-6-20-18(10-16)19(12-25-20)14(7-13-3-2-4-15(23)8-13)9-17-11-21(22(24)27)26-29-17/h2-6,8,10-12,14,25H,7,9H2,1H3,(H2,24,27). The molecule has 2 aromatic carbocycles. The van der Waals surface area contributed by atoms with Gasteiger partial charge >= 0.3 is 0 Å². The average molecular weight is 393 g/mol. The van der Waals surface area contributed by atoms with Crippen LogP contribution in [-0.4, -0.2) is 23.2 Å². The van der Waals surface area contributed by atoms with Crippen molar-refractivity contribution in [3.63, 3.8) is 0 Å². The summed E-state index contributed by atoms with van der Waals surface area (Å²) in [5.74, 6) is 0.318. The lowest BCUT2D eigenvalue weighted by molar-refractivity contribution is 0.0991. The van der Waals surface area contributed by atoms with Crippen LogP contribution in [0.1, 0.15) is 33.3 Å². The summed E-state index contributed by atoms with van der Waals surface area (Å²) in [5, 5.41) is 4.74. The van der Waals surface area contributed by atoms with Gasteiger partial charge in [-0.15, -0.1) is 0 Å². The fourth-order valence-corrected chi connectivity index (χ4v) is 3.59. The van der Waals surface area contributed by atoms with Gasteiger partial charge in [-0.3, -0.25) is 4.79 Å². The van der Waals surface area contributed by atoms with Crippen LogP contribution in [0.2, 0.25) is 0 Å². The number of carbonyl (C=O) groups is 1. The van der Waals surface area contributed by atoms with Crippen LogP contribution in [0.25, 0.3) is 10.9 Å². The van der Waals surface area contributed by atoms with Gasteiger partial charge < -0.3 is 20.0 Å². The maximum Gasteiger partial charge on any atom is 0.270 e. The molecule has 0 aliphatic heterocycles. The lowest BCUT2D eigenvalue weighted by Gasteiger charge is -2.16. The summed E-state index contributed by atoms with van der Waals surface area (Å²) in [6.07, 6.45) is 2.99. The number of H-pyrrole nitrogens is 1. The van der Waals surface area contributed by atoms with Crippen molar-refractivity contribution in [2.45, 2.75) is 18.8 Å². The van der Waals surface area contributed by atoms with Crippen molar-refractivity contribution in [1.29, 1.82) is 0 Å². The molecule has 1 atom stereocenters. The third-order valence-corrected chi connectivity index (χ3v) is 4.99. The number of ether oxygens (including phenoxy) is 1. The molecule has 0 bridgehead atoms. The number of fused-ring (bicyclic) bond motifs is 1. The van der Waals surface area contributed by atoms with Crippen LogP contribution in [0, 0.1) is 5.82 Å². The largest absolute Gasteiger partial charge is 0.497 e. The minimum absolute atomic E-state index is 0.0497. The number of aromatic nitrogens is 2. The van der Waals surface area contributed by atoms with E-state index in [2.05, 4.69) is 10.1 Å². The van der Waals surface area contributed by atoms with Gasteiger partial charge in [0.1, 0.15) is 17.3 Å². The number of benzene rings is 2. The number of nitrogens with two attached hydrogens (primary N) is 1. The van der Waals surface area contributed by atoms with E-state index >= 15 is 0 Å². The van der Waals surface area contributed by atoms with E-state index < -0.39 is 5.91 Å². The third kappa shape index (κ3) is 3.99. The van der Waals surface area contributed by atoms with Crippen LogP contribution in [0.15, 0.2) is 59.3 Å². The quantitative estimate of drug-likeness (QED) is 0.497. The SMILES string of the molecule is COc1ccc2[nH]cc(C(Cc3cccc(F)c3)Cc3cc(C(N)=O)no3)c2c1. The zero-order chi connectivity index (χ0) is 20.4. The Morgan fingerprint density at radius 3 is 2.83 bits per heavy atom. The number of amides is 1. The second-order valence-electron chi connectivity index (χ2n) is 6.93. The number of hydrogen-bond donors (Lipinski definition) is 2. The van der Waals surface area contributed by atoms with Gasteiger partial charge in [0.05, 0.1) is 7.11 Å². The molecule has 0 aliphatic carbocycles. The highest BCUT2D eigenvalue weighted by atomic mass is 19.1. The summed E-state index contributed by atoms with van der Waals surface area (Å²) in [6, 6.07) is 13.9. The first-order valence-electron chi connectivity index (χ1n) is 9.18. The van der Waals surface area contributed by atoms with Gasteiger partial charge in [-0.05, 0) is 53.8 Å². The first-order valence-corrected chi connectivity index (χ1v) is 9.18. The summed E-state index contributed by atoms with van der Waals surface area (Å²) < 4.78 is 24.4. The van der Waals surface area contributed by atoms with Gasteiger partial charge in [0.25, 0.3) is 5.91 Å². The van der Waals surface area contributed by atoms with E-state index in [-0.39, 0.29) is 17.4 Å². The van der Waals surface area contributed by atoms with E-state index in [1.165, 1.54) is 12.1 Å². The van der Waals surface area contributed by atoms with Gasteiger partial charge in [-0.1, -0.05) is 17.3 Å². The Hall–Kier alpha value is -3.61. The van der Waals surface area contributed by atoms with E-state index in [0.29, 0.717) is 18.6 Å². The minimum atomic E-state index is -0.640. The number of primary amides is 1. The van der Waals surface area contributed by atoms with Gasteiger partial charge in [0, 0.05) is 29.6 Å². The number of hydrogen-bond acceptors (Lipinski definition) is 4. The van der Waals surface area contributed by atoms with E-state index in [4.69, 9.17) is 15.0 Å². The molecule has 0 saturated carbocycles. The van der Waals surface area contributed by atoms with E-state index in [9.17, 15) is 9.18 Å².